The van der Waals surface area contributed by atoms with Gasteiger partial charge in [-0.3, -0.25) is 4.79 Å². The largest absolute Gasteiger partial charge is 0.450 e. The summed E-state index contributed by atoms with van der Waals surface area (Å²) in [6.45, 7) is 11.7. The Morgan fingerprint density at radius 2 is 1.78 bits per heavy atom. The Labute approximate surface area is 109 Å². The van der Waals surface area contributed by atoms with E-state index in [0.717, 1.165) is 0 Å². The second-order valence-electron chi connectivity index (χ2n) is 6.98. The van der Waals surface area contributed by atoms with E-state index in [-0.39, 0.29) is 23.2 Å². The zero-order valence-electron chi connectivity index (χ0n) is 12.1. The fraction of sp³-hybridized carbons (Fsp3) is 0.714. The van der Waals surface area contributed by atoms with E-state index in [1.807, 2.05) is 41.5 Å². The lowest BCUT2D eigenvalue weighted by Gasteiger charge is -2.38. The Morgan fingerprint density at radius 1 is 1.28 bits per heavy atom. The van der Waals surface area contributed by atoms with E-state index in [1.165, 1.54) is 0 Å². The molecule has 1 heterocycles. The number of primary amides is 1. The average Bonchev–Trinajstić information content (AvgIpc) is 2.40. The van der Waals surface area contributed by atoms with Crippen molar-refractivity contribution in [2.24, 2.45) is 16.6 Å². The van der Waals surface area contributed by atoms with Gasteiger partial charge in [0, 0.05) is 11.0 Å². The van der Waals surface area contributed by atoms with Gasteiger partial charge in [-0.25, -0.2) is 4.79 Å². The van der Waals surface area contributed by atoms with Crippen LogP contribution < -0.4 is 5.73 Å². The molecule has 0 fully saturated rings. The monoisotopic (exact) mass is 253 g/mol. The van der Waals surface area contributed by atoms with Gasteiger partial charge in [0.05, 0.1) is 6.42 Å². The zero-order valence-corrected chi connectivity index (χ0v) is 12.1. The van der Waals surface area contributed by atoms with E-state index in [1.54, 1.807) is 6.08 Å². The van der Waals surface area contributed by atoms with E-state index in [2.05, 4.69) is 0 Å². The first kappa shape index (κ1) is 14.7. The first-order valence-electron chi connectivity index (χ1n) is 6.14. The predicted molar refractivity (Wildman–Crippen MR) is 69.6 cm³/mol. The molecule has 2 N–H and O–H groups in total. The third-order valence-corrected chi connectivity index (χ3v) is 3.39. The molecule has 4 nitrogen and oxygen atoms in total. The molecule has 1 atom stereocenters. The van der Waals surface area contributed by atoms with Crippen molar-refractivity contribution in [2.45, 2.75) is 53.6 Å². The van der Waals surface area contributed by atoms with E-state index >= 15 is 0 Å². The molecule has 1 amide bonds. The van der Waals surface area contributed by atoms with Crippen molar-refractivity contribution < 1.29 is 14.3 Å². The Kier molecular flexibility index (Phi) is 3.36. The maximum atomic E-state index is 12.0. The molecule has 102 valence electrons. The number of rotatable bonds is 2. The van der Waals surface area contributed by atoms with Crippen molar-refractivity contribution in [1.29, 1.82) is 0 Å². The molecular formula is C14H23NO3. The zero-order chi connectivity index (χ0) is 14.4. The lowest BCUT2D eigenvalue weighted by Crippen LogP contribution is -2.45. The summed E-state index contributed by atoms with van der Waals surface area (Å²) in [5.41, 5.74) is 4.28. The number of nitrogens with two attached hydrogens (primary N) is 1. The number of carbonyl (C=O) groups is 2. The predicted octanol–water partition coefficient (Wildman–Crippen LogP) is 2.18. The molecule has 0 saturated carbocycles. The molecule has 18 heavy (non-hydrogen) atoms. The summed E-state index contributed by atoms with van der Waals surface area (Å²) < 4.78 is 5.53. The highest BCUT2D eigenvalue weighted by Gasteiger charge is 2.51. The van der Waals surface area contributed by atoms with Gasteiger partial charge in [0.2, 0.25) is 5.91 Å². The highest BCUT2D eigenvalue weighted by molar-refractivity contribution is 5.94. The van der Waals surface area contributed by atoms with Crippen LogP contribution in [0.2, 0.25) is 0 Å². The number of cyclic esters (lactones) is 1. The summed E-state index contributed by atoms with van der Waals surface area (Å²) in [6, 6.07) is 0. The number of ether oxygens (including phenoxy) is 1. The van der Waals surface area contributed by atoms with Crippen LogP contribution in [0, 0.1) is 10.8 Å². The molecule has 0 saturated heterocycles. The van der Waals surface area contributed by atoms with Crippen LogP contribution in [0.25, 0.3) is 0 Å². The Balaban J connectivity index is 3.29. The molecule has 1 aliphatic rings. The first-order valence-corrected chi connectivity index (χ1v) is 6.14. The molecule has 0 aromatic heterocycles. The van der Waals surface area contributed by atoms with Crippen molar-refractivity contribution in [3.63, 3.8) is 0 Å². The standard InChI is InChI=1S/C14H23NO3/c1-12(2,3)9-7-14(8-10(15)16,13(4,5)6)18-11(9)17/h7H,8H2,1-6H3,(H2,15,16)/t14-/m0/s1. The van der Waals surface area contributed by atoms with Crippen molar-refractivity contribution in [2.75, 3.05) is 0 Å². The maximum Gasteiger partial charge on any atom is 0.335 e. The summed E-state index contributed by atoms with van der Waals surface area (Å²) >= 11 is 0. The molecule has 0 bridgehead atoms. The molecule has 0 unspecified atom stereocenters. The summed E-state index contributed by atoms with van der Waals surface area (Å²) in [5, 5.41) is 0. The topological polar surface area (TPSA) is 69.4 Å². The lowest BCUT2D eigenvalue weighted by atomic mass is 9.72. The maximum absolute atomic E-state index is 12.0. The Hall–Kier alpha value is -1.32. The van der Waals surface area contributed by atoms with E-state index in [0.29, 0.717) is 5.57 Å². The minimum absolute atomic E-state index is 0.0157. The van der Waals surface area contributed by atoms with Gasteiger partial charge in [0.25, 0.3) is 0 Å². The second-order valence-corrected chi connectivity index (χ2v) is 6.98. The molecule has 4 heteroatoms. The highest BCUT2D eigenvalue weighted by atomic mass is 16.6. The SMILES string of the molecule is CC(C)(C)C1=C[C@](CC(N)=O)(C(C)(C)C)OC1=O. The van der Waals surface area contributed by atoms with Crippen LogP contribution in [0.3, 0.4) is 0 Å². The summed E-state index contributed by atoms with van der Waals surface area (Å²) in [4.78, 5) is 23.3. The second kappa shape index (κ2) is 4.11. The number of esters is 1. The molecular weight excluding hydrogens is 230 g/mol. The van der Waals surface area contributed by atoms with Crippen molar-refractivity contribution in [3.05, 3.63) is 11.6 Å². The molecule has 0 aromatic rings. The van der Waals surface area contributed by atoms with Crippen LogP contribution >= 0.6 is 0 Å². The minimum Gasteiger partial charge on any atom is -0.450 e. The normalized spacial score (nSPS) is 24.8. The van der Waals surface area contributed by atoms with E-state index in [9.17, 15) is 9.59 Å². The molecule has 1 rings (SSSR count). The molecule has 0 spiro atoms. The molecule has 0 aliphatic carbocycles. The van der Waals surface area contributed by atoms with Crippen LogP contribution in [0.5, 0.6) is 0 Å². The van der Waals surface area contributed by atoms with E-state index in [4.69, 9.17) is 10.5 Å². The summed E-state index contributed by atoms with van der Waals surface area (Å²) in [6.07, 6.45) is 1.81. The van der Waals surface area contributed by atoms with Gasteiger partial charge in [0.15, 0.2) is 0 Å². The number of carbonyl (C=O) groups excluding carboxylic acids is 2. The fourth-order valence-electron chi connectivity index (χ4n) is 2.05. The Morgan fingerprint density at radius 3 is 2.06 bits per heavy atom. The fourth-order valence-corrected chi connectivity index (χ4v) is 2.05. The summed E-state index contributed by atoms with van der Waals surface area (Å²) in [7, 11) is 0. The minimum atomic E-state index is -0.932. The van der Waals surface area contributed by atoms with Gasteiger partial charge in [0.1, 0.15) is 5.60 Å². The molecule has 0 aromatic carbocycles. The van der Waals surface area contributed by atoms with Crippen LogP contribution in [0.4, 0.5) is 0 Å². The van der Waals surface area contributed by atoms with Crippen molar-refractivity contribution in [3.8, 4) is 0 Å². The smallest absolute Gasteiger partial charge is 0.335 e. The van der Waals surface area contributed by atoms with Gasteiger partial charge < -0.3 is 10.5 Å². The van der Waals surface area contributed by atoms with E-state index < -0.39 is 11.5 Å². The summed E-state index contributed by atoms with van der Waals surface area (Å²) in [5.74, 6) is -0.817. The number of amides is 1. The third-order valence-electron chi connectivity index (χ3n) is 3.39. The van der Waals surface area contributed by atoms with Crippen LogP contribution in [-0.4, -0.2) is 17.5 Å². The average molecular weight is 253 g/mol. The van der Waals surface area contributed by atoms with Gasteiger partial charge in [-0.2, -0.15) is 0 Å². The highest BCUT2D eigenvalue weighted by Crippen LogP contribution is 2.46. The molecule has 1 aliphatic heterocycles. The third kappa shape index (κ3) is 2.57. The van der Waals surface area contributed by atoms with Crippen molar-refractivity contribution >= 4 is 11.9 Å². The van der Waals surface area contributed by atoms with Gasteiger partial charge in [-0.15, -0.1) is 0 Å². The molecule has 0 radical (unpaired) electrons. The van der Waals surface area contributed by atoms with Gasteiger partial charge in [-0.1, -0.05) is 41.5 Å². The quantitative estimate of drug-likeness (QED) is 0.767. The van der Waals surface area contributed by atoms with Crippen LogP contribution in [-0.2, 0) is 14.3 Å². The number of hydrogen-bond donors (Lipinski definition) is 1. The lowest BCUT2D eigenvalue weighted by molar-refractivity contribution is -0.158. The van der Waals surface area contributed by atoms with Crippen LogP contribution in [0.15, 0.2) is 11.6 Å². The Bertz CT molecular complexity index is 410. The number of hydrogen-bond acceptors (Lipinski definition) is 3. The van der Waals surface area contributed by atoms with Gasteiger partial charge in [-0.05, 0) is 11.5 Å². The van der Waals surface area contributed by atoms with Gasteiger partial charge >= 0.3 is 5.97 Å². The van der Waals surface area contributed by atoms with Crippen molar-refractivity contribution in [1.82, 2.24) is 0 Å². The first-order chi connectivity index (χ1) is 7.89. The van der Waals surface area contributed by atoms with Crippen LogP contribution in [0.1, 0.15) is 48.0 Å².